The van der Waals surface area contributed by atoms with E-state index >= 15 is 0 Å². The van der Waals surface area contributed by atoms with Gasteiger partial charge in [-0.05, 0) is 0 Å². The van der Waals surface area contributed by atoms with Crippen molar-refractivity contribution in [2.24, 2.45) is 0 Å². The van der Waals surface area contributed by atoms with Crippen molar-refractivity contribution >= 4 is 0 Å². The van der Waals surface area contributed by atoms with Crippen LogP contribution in [0.15, 0.2) is 13.2 Å². The van der Waals surface area contributed by atoms with E-state index in [9.17, 15) is 0 Å². The fourth-order valence-electron chi connectivity index (χ4n) is 0. The molecule has 0 aliphatic carbocycles. The van der Waals surface area contributed by atoms with Gasteiger partial charge in [-0.3, -0.25) is 0 Å². The van der Waals surface area contributed by atoms with Crippen LogP contribution < -0.4 is 55.6 Å². The van der Waals surface area contributed by atoms with Crippen molar-refractivity contribution in [3.63, 3.8) is 0 Å². The molecule has 0 bridgehead atoms. The normalized spacial score (nSPS) is 7.62. The first-order chi connectivity index (χ1) is 3.00. The van der Waals surface area contributed by atoms with E-state index in [1.54, 1.807) is 0 Å². The summed E-state index contributed by atoms with van der Waals surface area (Å²) in [4.78, 5) is 0. The molecule has 0 aliphatic heterocycles. The van der Waals surface area contributed by atoms with E-state index in [4.69, 9.17) is 15.7 Å². The van der Waals surface area contributed by atoms with E-state index in [0.29, 0.717) is 0 Å². The van der Waals surface area contributed by atoms with Gasteiger partial charge in [-0.2, -0.15) is 0 Å². The second-order valence-corrected chi connectivity index (χ2v) is 1.56. The number of rotatable bonds is 0. The fraction of sp³-hybridized carbons (Fsp3) is 0. The number of hydrogen-bond donors (Lipinski definition) is 0. The topological polar surface area (TPSA) is 74.3 Å². The average molecular weight is 186 g/mol. The summed E-state index contributed by atoms with van der Waals surface area (Å²) in [5.41, 5.74) is 0. The summed E-state index contributed by atoms with van der Waals surface area (Å²) < 4.78 is 34.3. The molecule has 0 spiro atoms. The van der Waals surface area contributed by atoms with Crippen LogP contribution in [-0.4, -0.2) is 0 Å². The van der Waals surface area contributed by atoms with Crippen LogP contribution in [0, 0.1) is 0 Å². The Morgan fingerprint density at radius 2 is 1.12 bits per heavy atom. The molecule has 8 heavy (non-hydrogen) atoms. The standard InChI is InChI=1S/C2H4.K.Mn.4O/c1-2;;;;;;/h1-2H2;;;;;;/q;+1;;;;;-1. The van der Waals surface area contributed by atoms with Crippen LogP contribution in [0.5, 0.6) is 0 Å². The Morgan fingerprint density at radius 1 is 1.12 bits per heavy atom. The van der Waals surface area contributed by atoms with Crippen LogP contribution in [0.4, 0.5) is 0 Å². The van der Waals surface area contributed by atoms with Gasteiger partial charge in [0.25, 0.3) is 0 Å². The SMILES string of the molecule is C=C.[K+].[O]=[Mn](=[O])(=[O])[O-]. The Morgan fingerprint density at radius 3 is 1.12 bits per heavy atom. The molecule has 0 heterocycles. The van der Waals surface area contributed by atoms with Crippen LogP contribution >= 0.6 is 0 Å². The zero-order valence-corrected chi connectivity index (χ0v) is 8.73. The van der Waals surface area contributed by atoms with Gasteiger partial charge in [-0.15, -0.1) is 13.2 Å². The van der Waals surface area contributed by atoms with Crippen LogP contribution in [0.1, 0.15) is 0 Å². The van der Waals surface area contributed by atoms with E-state index < -0.39 is 13.0 Å². The van der Waals surface area contributed by atoms with Crippen LogP contribution in [-0.2, 0) is 24.5 Å². The van der Waals surface area contributed by atoms with E-state index in [1.807, 2.05) is 0 Å². The van der Waals surface area contributed by atoms with Gasteiger partial charge in [0.15, 0.2) is 0 Å². The summed E-state index contributed by atoms with van der Waals surface area (Å²) in [7, 11) is 0. The van der Waals surface area contributed by atoms with E-state index in [-0.39, 0.29) is 51.4 Å². The Labute approximate surface area is 91.5 Å². The molecule has 0 atom stereocenters. The third-order valence-corrected chi connectivity index (χ3v) is 0. The van der Waals surface area contributed by atoms with Crippen LogP contribution in [0.2, 0.25) is 0 Å². The maximum absolute atomic E-state index is 8.58. The van der Waals surface area contributed by atoms with Crippen LogP contribution in [0.25, 0.3) is 0 Å². The van der Waals surface area contributed by atoms with Crippen molar-refractivity contribution in [2.45, 2.75) is 0 Å². The molecule has 4 nitrogen and oxygen atoms in total. The molecular formula is C2H4KMnO4. The zero-order valence-electron chi connectivity index (χ0n) is 4.43. The molecule has 0 saturated carbocycles. The van der Waals surface area contributed by atoms with Gasteiger partial charge in [0.2, 0.25) is 0 Å². The Kier molecular flexibility index (Phi) is 16.6. The Bertz CT molecular complexity index is 147. The van der Waals surface area contributed by atoms with E-state index in [2.05, 4.69) is 13.2 Å². The summed E-state index contributed by atoms with van der Waals surface area (Å²) in [6.45, 7) is 6.00. The first-order valence-electron chi connectivity index (χ1n) is 1.12. The fourth-order valence-corrected chi connectivity index (χ4v) is 0. The third kappa shape index (κ3) is 180. The van der Waals surface area contributed by atoms with Gasteiger partial charge in [0, 0.05) is 0 Å². The molecule has 0 radical (unpaired) electrons. The molecule has 0 amide bonds. The van der Waals surface area contributed by atoms with Gasteiger partial charge in [-0.25, -0.2) is 0 Å². The molecule has 0 rings (SSSR count). The first kappa shape index (κ1) is 16.1. The van der Waals surface area contributed by atoms with Gasteiger partial charge in [0.1, 0.15) is 0 Å². The molecule has 44 valence electrons. The quantitative estimate of drug-likeness (QED) is 0.288. The maximum atomic E-state index is 8.58. The van der Waals surface area contributed by atoms with Gasteiger partial charge >= 0.3 is 80.0 Å². The molecule has 0 aromatic rings. The Hall–Kier alpha value is 1.26. The summed E-state index contributed by atoms with van der Waals surface area (Å²) >= 11 is -5.62. The van der Waals surface area contributed by atoms with Crippen molar-refractivity contribution in [3.8, 4) is 0 Å². The molecule has 0 saturated heterocycles. The van der Waals surface area contributed by atoms with Crippen molar-refractivity contribution < 1.29 is 80.0 Å². The molecule has 0 fully saturated rings. The second-order valence-electron chi connectivity index (χ2n) is 0.378. The average Bonchev–Trinajstić information content (AvgIpc) is 1.36. The minimum absolute atomic E-state index is 0. The van der Waals surface area contributed by atoms with Gasteiger partial charge < -0.3 is 0 Å². The summed E-state index contributed by atoms with van der Waals surface area (Å²) in [5, 5.41) is 0. The molecule has 0 aliphatic rings. The van der Waals surface area contributed by atoms with Crippen molar-refractivity contribution in [2.75, 3.05) is 0 Å². The van der Waals surface area contributed by atoms with Gasteiger partial charge in [-0.1, -0.05) is 0 Å². The van der Waals surface area contributed by atoms with Gasteiger partial charge in [0.05, 0.1) is 0 Å². The monoisotopic (exact) mass is 186 g/mol. The molecular weight excluding hydrogens is 182 g/mol. The molecule has 0 N–H and O–H groups in total. The van der Waals surface area contributed by atoms with E-state index in [0.717, 1.165) is 0 Å². The van der Waals surface area contributed by atoms with Crippen molar-refractivity contribution in [3.05, 3.63) is 13.2 Å². The second kappa shape index (κ2) is 8.26. The Balaban J connectivity index is -0.0000000750. The predicted molar refractivity (Wildman–Crippen MR) is 13.3 cm³/mol. The first-order valence-corrected chi connectivity index (χ1v) is 3.04. The molecule has 0 aromatic heterocycles. The summed E-state index contributed by atoms with van der Waals surface area (Å²) in [6.07, 6.45) is 0. The molecule has 6 heteroatoms. The number of hydrogen-bond acceptors (Lipinski definition) is 4. The summed E-state index contributed by atoms with van der Waals surface area (Å²) in [6, 6.07) is 0. The van der Waals surface area contributed by atoms with Crippen LogP contribution in [0.3, 0.4) is 0 Å². The third-order valence-electron chi connectivity index (χ3n) is 0. The molecule has 0 unspecified atom stereocenters. The summed E-state index contributed by atoms with van der Waals surface area (Å²) in [5.74, 6) is 0. The molecule has 0 aromatic carbocycles. The minimum atomic E-state index is -5.62. The van der Waals surface area contributed by atoms with Crippen molar-refractivity contribution in [1.82, 2.24) is 0 Å². The van der Waals surface area contributed by atoms with E-state index in [1.165, 1.54) is 0 Å². The predicted octanol–water partition coefficient (Wildman–Crippen LogP) is -3.74. The van der Waals surface area contributed by atoms with Crippen molar-refractivity contribution in [1.29, 1.82) is 0 Å². The zero-order chi connectivity index (χ0) is 6.50.